The average molecular weight is 438 g/mol. The zero-order valence-corrected chi connectivity index (χ0v) is 17.1. The zero-order valence-electron chi connectivity index (χ0n) is 15.6. The van der Waals surface area contributed by atoms with Crippen LogP contribution in [0.5, 0.6) is 5.75 Å². The number of nitrogens with one attached hydrogen (secondary N) is 2. The van der Waals surface area contributed by atoms with E-state index in [1.165, 1.54) is 0 Å². The molecule has 0 aliphatic carbocycles. The predicted octanol–water partition coefficient (Wildman–Crippen LogP) is 3.64. The van der Waals surface area contributed by atoms with Gasteiger partial charge < -0.3 is 14.8 Å². The lowest BCUT2D eigenvalue weighted by molar-refractivity contribution is 0.102. The van der Waals surface area contributed by atoms with Gasteiger partial charge in [-0.1, -0.05) is 52.6 Å². The number of ether oxygens (including phenoxy) is 2. The number of para-hydroxylation sites is 1. The van der Waals surface area contributed by atoms with Crippen molar-refractivity contribution in [3.63, 3.8) is 0 Å². The first-order chi connectivity index (χ1) is 14.1. The van der Waals surface area contributed by atoms with Gasteiger partial charge in [-0.3, -0.25) is 9.51 Å². The van der Waals surface area contributed by atoms with Crippen molar-refractivity contribution >= 4 is 23.2 Å². The molecule has 2 heterocycles. The molecule has 0 saturated carbocycles. The normalized spacial score (nSPS) is 16.4. The Morgan fingerprint density at radius 3 is 2.52 bits per heavy atom. The lowest BCUT2D eigenvalue weighted by atomic mass is 10.1. The van der Waals surface area contributed by atoms with Crippen LogP contribution in [0.15, 0.2) is 57.8 Å². The Kier molecular flexibility index (Phi) is 8.13. The summed E-state index contributed by atoms with van der Waals surface area (Å²) in [6.07, 6.45) is 0. The molecule has 0 spiro atoms. The van der Waals surface area contributed by atoms with Crippen molar-refractivity contribution in [2.45, 2.75) is 0 Å². The third-order valence-electron chi connectivity index (χ3n) is 4.09. The van der Waals surface area contributed by atoms with E-state index in [4.69, 9.17) is 32.7 Å². The molecule has 1 aliphatic rings. The van der Waals surface area contributed by atoms with Crippen LogP contribution in [0.4, 0.5) is 0 Å². The van der Waals surface area contributed by atoms with Gasteiger partial charge in [0.05, 0.1) is 35.4 Å². The molecular formula is C20H21Cl2N3O4. The van der Waals surface area contributed by atoms with Crippen molar-refractivity contribution in [2.75, 3.05) is 32.9 Å². The van der Waals surface area contributed by atoms with Crippen LogP contribution in [0.2, 0.25) is 10.0 Å². The number of aromatic nitrogens is 2. The van der Waals surface area contributed by atoms with Crippen molar-refractivity contribution in [1.82, 2.24) is 15.5 Å². The number of benzene rings is 2. The Bertz CT molecular complexity index is 931. The number of rotatable bonds is 4. The molecule has 2 N–H and O–H groups in total. The minimum atomic E-state index is -0.582. The van der Waals surface area contributed by atoms with Crippen LogP contribution in [-0.2, 0) is 4.74 Å². The molecule has 1 unspecified atom stereocenters. The summed E-state index contributed by atoms with van der Waals surface area (Å²) in [5.74, 6) is 0.732. The second-order valence-electron chi connectivity index (χ2n) is 6.31. The second kappa shape index (κ2) is 11.0. The van der Waals surface area contributed by atoms with Crippen LogP contribution in [0.3, 0.4) is 0 Å². The van der Waals surface area contributed by atoms with Gasteiger partial charge in [-0.05, 0) is 24.3 Å². The van der Waals surface area contributed by atoms with E-state index in [-0.39, 0.29) is 5.92 Å². The van der Waals surface area contributed by atoms with E-state index in [9.17, 15) is 4.79 Å². The first-order valence-corrected chi connectivity index (χ1v) is 9.86. The molecule has 0 radical (unpaired) electrons. The molecule has 4 rings (SSSR count). The molecule has 154 valence electrons. The highest BCUT2D eigenvalue weighted by atomic mass is 35.5. The van der Waals surface area contributed by atoms with Gasteiger partial charge in [0.1, 0.15) is 5.75 Å². The number of hydrogen-bond donors (Lipinski definition) is 2. The standard InChI is InChI=1S/C14H17N3O4.C6H4Cl2/c18-14-16-13(17-21-14)11-3-1-2-4-12(11)20-9-10-7-15-5-6-19-8-10;7-5-3-1-2-4-6(5)8/h1-4,10,15H,5-9H2,(H,16,17,18);1-4H. The molecule has 7 nitrogen and oxygen atoms in total. The lowest BCUT2D eigenvalue weighted by Gasteiger charge is -2.16. The fraction of sp³-hybridized carbons (Fsp3) is 0.300. The van der Waals surface area contributed by atoms with Crippen molar-refractivity contribution in [2.24, 2.45) is 5.92 Å². The Morgan fingerprint density at radius 2 is 1.83 bits per heavy atom. The van der Waals surface area contributed by atoms with Gasteiger partial charge in [0.25, 0.3) is 0 Å². The number of hydrogen-bond acceptors (Lipinski definition) is 6. The van der Waals surface area contributed by atoms with Crippen LogP contribution in [0.1, 0.15) is 0 Å². The maximum absolute atomic E-state index is 11.1. The third-order valence-corrected chi connectivity index (χ3v) is 4.85. The van der Waals surface area contributed by atoms with Gasteiger partial charge in [0.15, 0.2) is 5.82 Å². The van der Waals surface area contributed by atoms with Crippen molar-refractivity contribution in [3.8, 4) is 17.1 Å². The van der Waals surface area contributed by atoms with Gasteiger partial charge in [-0.2, -0.15) is 0 Å². The smallest absolute Gasteiger partial charge is 0.439 e. The summed E-state index contributed by atoms with van der Waals surface area (Å²) in [6.45, 7) is 3.67. The summed E-state index contributed by atoms with van der Waals surface area (Å²) in [6, 6.07) is 14.6. The SMILES string of the molecule is Clc1ccccc1Cl.O=c1[nH]c(-c2ccccc2OCC2CNCCOC2)no1. The maximum atomic E-state index is 11.1. The molecule has 0 amide bonds. The fourth-order valence-electron chi connectivity index (χ4n) is 2.65. The summed E-state index contributed by atoms with van der Waals surface area (Å²) < 4.78 is 15.9. The van der Waals surface area contributed by atoms with Crippen molar-refractivity contribution in [1.29, 1.82) is 0 Å². The van der Waals surface area contributed by atoms with E-state index in [1.54, 1.807) is 12.1 Å². The Morgan fingerprint density at radius 1 is 1.10 bits per heavy atom. The van der Waals surface area contributed by atoms with Crippen LogP contribution in [0, 0.1) is 5.92 Å². The van der Waals surface area contributed by atoms with Gasteiger partial charge in [0, 0.05) is 19.0 Å². The molecule has 1 atom stereocenters. The molecule has 0 bridgehead atoms. The van der Waals surface area contributed by atoms with Gasteiger partial charge in [0.2, 0.25) is 0 Å². The number of halogens is 2. The second-order valence-corrected chi connectivity index (χ2v) is 7.12. The highest BCUT2D eigenvalue weighted by Gasteiger charge is 2.15. The molecule has 1 saturated heterocycles. The van der Waals surface area contributed by atoms with Gasteiger partial charge in [-0.15, -0.1) is 0 Å². The van der Waals surface area contributed by atoms with Gasteiger partial charge >= 0.3 is 5.76 Å². The Labute approximate surface area is 177 Å². The van der Waals surface area contributed by atoms with Crippen LogP contribution >= 0.6 is 23.2 Å². The molecule has 3 aromatic rings. The maximum Gasteiger partial charge on any atom is 0.439 e. The van der Waals surface area contributed by atoms with E-state index in [2.05, 4.69) is 20.0 Å². The van der Waals surface area contributed by atoms with E-state index < -0.39 is 5.76 Å². The summed E-state index contributed by atoms with van der Waals surface area (Å²) in [5.41, 5.74) is 0.700. The van der Waals surface area contributed by atoms with Crippen molar-refractivity contribution < 1.29 is 14.0 Å². The Hall–Kier alpha value is -2.32. The molecule has 1 fully saturated rings. The highest BCUT2D eigenvalue weighted by Crippen LogP contribution is 2.26. The summed E-state index contributed by atoms with van der Waals surface area (Å²) in [4.78, 5) is 13.6. The number of aromatic amines is 1. The first kappa shape index (κ1) is 21.4. The van der Waals surface area contributed by atoms with E-state index >= 15 is 0 Å². The molecule has 2 aromatic carbocycles. The highest BCUT2D eigenvalue weighted by molar-refractivity contribution is 6.41. The van der Waals surface area contributed by atoms with Crippen molar-refractivity contribution in [3.05, 3.63) is 69.1 Å². The molecular weight excluding hydrogens is 417 g/mol. The quantitative estimate of drug-likeness (QED) is 0.647. The molecule has 1 aliphatic heterocycles. The minimum Gasteiger partial charge on any atom is -0.492 e. The van der Waals surface area contributed by atoms with E-state index in [0.29, 0.717) is 40.4 Å². The number of H-pyrrole nitrogens is 1. The number of nitrogens with zero attached hydrogens (tertiary/aromatic N) is 1. The van der Waals surface area contributed by atoms with Gasteiger partial charge in [-0.25, -0.2) is 4.79 Å². The lowest BCUT2D eigenvalue weighted by Crippen LogP contribution is -2.27. The predicted molar refractivity (Wildman–Crippen MR) is 112 cm³/mol. The van der Waals surface area contributed by atoms with Crippen LogP contribution in [-0.4, -0.2) is 43.1 Å². The van der Waals surface area contributed by atoms with E-state index in [1.807, 2.05) is 36.4 Å². The fourth-order valence-corrected chi connectivity index (χ4v) is 2.92. The molecule has 9 heteroatoms. The van der Waals surface area contributed by atoms with E-state index in [0.717, 1.165) is 19.7 Å². The largest absolute Gasteiger partial charge is 0.492 e. The molecule has 1 aromatic heterocycles. The summed E-state index contributed by atoms with van der Waals surface area (Å²) in [5, 5.41) is 8.21. The average Bonchev–Trinajstić information content (AvgIpc) is 3.00. The third kappa shape index (κ3) is 6.61. The summed E-state index contributed by atoms with van der Waals surface area (Å²) >= 11 is 11.2. The van der Waals surface area contributed by atoms with Crippen LogP contribution < -0.4 is 15.8 Å². The minimum absolute atomic E-state index is 0.289. The monoisotopic (exact) mass is 437 g/mol. The first-order valence-electron chi connectivity index (χ1n) is 9.10. The molecule has 29 heavy (non-hydrogen) atoms. The van der Waals surface area contributed by atoms with Crippen LogP contribution in [0.25, 0.3) is 11.4 Å². The summed E-state index contributed by atoms with van der Waals surface area (Å²) in [7, 11) is 0. The zero-order chi connectivity index (χ0) is 20.5. The Balaban J connectivity index is 0.000000252. The topological polar surface area (TPSA) is 89.4 Å².